The van der Waals surface area contributed by atoms with Crippen LogP contribution in [0.3, 0.4) is 0 Å². The third kappa shape index (κ3) is 6.49. The van der Waals surface area contributed by atoms with Crippen molar-refractivity contribution in [2.45, 2.75) is 76.1 Å². The van der Waals surface area contributed by atoms with E-state index in [1.807, 2.05) is 18.6 Å². The maximum Gasteiger partial charge on any atom is 0 e. The molecule has 3 heteroatoms. The van der Waals surface area contributed by atoms with Crippen LogP contribution in [-0.2, 0) is 4.79 Å². The van der Waals surface area contributed by atoms with Gasteiger partial charge in [-0.1, -0.05) is 0 Å². The molecule has 2 rings (SSSR count). The Hall–Kier alpha value is 1.77. The van der Waals surface area contributed by atoms with Gasteiger partial charge in [0.15, 0.2) is 0 Å². The van der Waals surface area contributed by atoms with Crippen LogP contribution >= 0.6 is 0 Å². The molecule has 20 heavy (non-hydrogen) atoms. The second-order valence-electron chi connectivity index (χ2n) is 7.03. The van der Waals surface area contributed by atoms with Crippen LogP contribution in [0.25, 0.3) is 0 Å². The Bertz CT molecular complexity index is 279. The molecule has 0 N–H and O–H groups in total. The summed E-state index contributed by atoms with van der Waals surface area (Å²) in [6.45, 7) is 1.78. The van der Waals surface area contributed by atoms with Crippen molar-refractivity contribution in [3.63, 3.8) is 0 Å². The zero-order valence-corrected chi connectivity index (χ0v) is 21.5. The van der Waals surface area contributed by atoms with Crippen LogP contribution in [0.4, 0.5) is 0 Å². The van der Waals surface area contributed by atoms with Crippen molar-refractivity contribution in [3.8, 4) is 0 Å². The molecular formula is C17H29GaORa. The van der Waals surface area contributed by atoms with Gasteiger partial charge in [0.25, 0.3) is 0 Å². The van der Waals surface area contributed by atoms with Gasteiger partial charge in [-0.2, -0.15) is 0 Å². The Labute approximate surface area is 172 Å². The van der Waals surface area contributed by atoms with Crippen molar-refractivity contribution in [2.24, 2.45) is 23.7 Å². The Morgan fingerprint density at radius 2 is 1.25 bits per heavy atom. The molecule has 0 aromatic rings. The first kappa shape index (κ1) is 19.8. The third-order valence-electron chi connectivity index (χ3n) is 5.70. The topological polar surface area (TPSA) is 17.1 Å². The Balaban J connectivity index is 0.00000200. The molecule has 2 aliphatic carbocycles. The van der Waals surface area contributed by atoms with Gasteiger partial charge in [-0.25, -0.2) is 0 Å². The minimum Gasteiger partial charge on any atom is 0 e. The summed E-state index contributed by atoms with van der Waals surface area (Å²) in [6, 6.07) is 0. The number of rotatable bonds is 5. The summed E-state index contributed by atoms with van der Waals surface area (Å²) in [4.78, 5) is 12.8. The molecule has 0 aliphatic heterocycles. The monoisotopic (exact) mass is 544 g/mol. The minimum atomic E-state index is 0. The minimum absolute atomic E-state index is 0. The maximum absolute atomic E-state index is 11.4. The van der Waals surface area contributed by atoms with Gasteiger partial charge in [0.05, 0.1) is 0 Å². The quantitative estimate of drug-likeness (QED) is 0.464. The molecule has 2 aliphatic rings. The van der Waals surface area contributed by atoms with Gasteiger partial charge in [0.1, 0.15) is 0 Å². The van der Waals surface area contributed by atoms with Gasteiger partial charge >= 0.3 is 117 Å². The van der Waals surface area contributed by atoms with Gasteiger partial charge in [-0.15, -0.1) is 0 Å². The fourth-order valence-corrected chi connectivity index (χ4v) is 5.07. The number of carbonyl (C=O) groups excluding carboxylic acids is 1. The molecular weight excluding hydrogens is 516 g/mol. The molecule has 0 aromatic heterocycles. The molecule has 0 spiro atoms. The first-order chi connectivity index (χ1) is 9.19. The second-order valence-corrected chi connectivity index (χ2v) is 8.02. The van der Waals surface area contributed by atoms with Gasteiger partial charge in [-0.05, 0) is 6.92 Å². The third-order valence-corrected chi connectivity index (χ3v) is 7.10. The van der Waals surface area contributed by atoms with Crippen molar-refractivity contribution in [1.29, 1.82) is 0 Å². The van der Waals surface area contributed by atoms with Crippen molar-refractivity contribution in [3.05, 3.63) is 0 Å². The average molecular weight is 545 g/mol. The fraction of sp³-hybridized carbons (Fsp3) is 0.941. The van der Waals surface area contributed by atoms with E-state index in [9.17, 15) is 4.79 Å². The van der Waals surface area contributed by atoms with Crippen molar-refractivity contribution >= 4 is 24.4 Å². The predicted octanol–water partition coefficient (Wildman–Crippen LogP) is 4.56. The van der Waals surface area contributed by atoms with Crippen LogP contribution in [0.1, 0.15) is 71.1 Å². The molecule has 1 nitrogen and oxygen atoms in total. The smallest absolute Gasteiger partial charge is 0 e. The molecule has 0 bridgehead atoms. The van der Waals surface area contributed by atoms with E-state index in [0.717, 1.165) is 17.8 Å². The number of hydrogen-bond donors (Lipinski definition) is 0. The molecule has 0 aromatic carbocycles. The Morgan fingerprint density at radius 3 is 1.65 bits per heavy atom. The van der Waals surface area contributed by atoms with E-state index in [1.54, 1.807) is 6.92 Å². The first-order valence-corrected chi connectivity index (χ1v) is 10.1. The predicted molar refractivity (Wildman–Crippen MR) is 81.4 cm³/mol. The molecule has 4 radical (unpaired) electrons. The van der Waals surface area contributed by atoms with E-state index in [4.69, 9.17) is 0 Å². The summed E-state index contributed by atoms with van der Waals surface area (Å²) in [5, 5.41) is 0. The zero-order valence-electron chi connectivity index (χ0n) is 13.3. The van der Waals surface area contributed by atoms with E-state index in [2.05, 4.69) is 0 Å². The van der Waals surface area contributed by atoms with Crippen LogP contribution in [0.15, 0.2) is 0 Å². The number of Topliss-reactive ketones (excluding diaryl/α,β-unsaturated/α-hetero) is 1. The summed E-state index contributed by atoms with van der Waals surface area (Å²) in [5.74, 6) is 3.85. The molecule has 0 heterocycles. The normalized spacial score (nSPS) is 34.2. The van der Waals surface area contributed by atoms with Gasteiger partial charge < -0.3 is 0 Å². The second kappa shape index (κ2) is 10.5. The van der Waals surface area contributed by atoms with Crippen molar-refractivity contribution in [1.82, 2.24) is 0 Å². The van der Waals surface area contributed by atoms with Gasteiger partial charge in [-0.3, -0.25) is 4.79 Å². The van der Waals surface area contributed by atoms with E-state index >= 15 is 0 Å². The largest absolute Gasteiger partial charge is 0 e. The van der Waals surface area contributed by atoms with E-state index in [1.165, 1.54) is 69.2 Å². The van der Waals surface area contributed by atoms with E-state index in [-0.39, 0.29) is 45.0 Å². The summed E-state index contributed by atoms with van der Waals surface area (Å²) in [7, 11) is 0. The molecule has 2 fully saturated rings. The van der Waals surface area contributed by atoms with E-state index < -0.39 is 0 Å². The van der Waals surface area contributed by atoms with Crippen LogP contribution < -0.4 is 0 Å². The molecule has 0 unspecified atom stereocenters. The average Bonchev–Trinajstić information content (AvgIpc) is 2.46. The van der Waals surface area contributed by atoms with Crippen LogP contribution in [0, 0.1) is 68.7 Å². The Kier molecular flexibility index (Phi) is 10.4. The van der Waals surface area contributed by atoms with Crippen LogP contribution in [0.5, 0.6) is 0 Å². The molecule has 0 atom stereocenters. The zero-order chi connectivity index (χ0) is 13.7. The van der Waals surface area contributed by atoms with Crippen LogP contribution in [-0.4, -0.2) is 24.4 Å². The van der Waals surface area contributed by atoms with Gasteiger partial charge in [0.2, 0.25) is 0 Å². The maximum atomic E-state index is 11.4. The van der Waals surface area contributed by atoms with Crippen molar-refractivity contribution < 1.29 is 49.8 Å². The molecule has 0 amide bonds. The number of carbonyl (C=O) groups is 1. The Morgan fingerprint density at radius 1 is 0.850 bits per heavy atom. The summed E-state index contributed by atoms with van der Waals surface area (Å²) in [5.41, 5.74) is 0. The van der Waals surface area contributed by atoms with Crippen molar-refractivity contribution in [2.75, 3.05) is 0 Å². The standard InChI is InChI=1S/C17H29O.Ga.Ra/c1-13-3-5-15(6-4-13)7-8-16-9-11-17(12-10-16)14(2)18;;/h13,15-17H,1,3-12H2,2H3;;. The van der Waals surface area contributed by atoms with E-state index in [0.29, 0.717) is 11.7 Å². The summed E-state index contributed by atoms with van der Waals surface area (Å²) in [6.07, 6.45) is 13.9. The van der Waals surface area contributed by atoms with Crippen LogP contribution in [0.2, 0.25) is 4.98 Å². The molecule has 0 saturated heterocycles. The fourth-order valence-electron chi connectivity index (χ4n) is 4.08. The van der Waals surface area contributed by atoms with Gasteiger partial charge in [0, 0.05) is 45.0 Å². The molecule has 2 saturated carbocycles. The first-order valence-electron chi connectivity index (χ1n) is 8.39. The summed E-state index contributed by atoms with van der Waals surface area (Å²) < 4.78 is 0. The SMILES string of the molecule is CC(=O)C1CCC(CCC2CCC([CH2][Ga])CC2)CC1.[Ra]. The summed E-state index contributed by atoms with van der Waals surface area (Å²) >= 11 is 1.92. The molecule has 108 valence electrons. The number of hydrogen-bond acceptors (Lipinski definition) is 1. The number of ketones is 1.